The van der Waals surface area contributed by atoms with Gasteiger partial charge in [0.2, 0.25) is 5.91 Å². The van der Waals surface area contributed by atoms with Crippen molar-refractivity contribution in [3.8, 4) is 16.1 Å². The number of hydrogen-bond acceptors (Lipinski definition) is 3. The molecule has 5 rings (SSSR count). The second-order valence-corrected chi connectivity index (χ2v) is 7.84. The predicted molar refractivity (Wildman–Crippen MR) is 115 cm³/mol. The van der Waals surface area contributed by atoms with Crippen LogP contribution >= 0.6 is 11.3 Å². The Bertz CT molecular complexity index is 1330. The average Bonchev–Trinajstić information content (AvgIpc) is 3.27. The number of aromatic nitrogens is 2. The van der Waals surface area contributed by atoms with Gasteiger partial charge in [-0.1, -0.05) is 30.3 Å². The van der Waals surface area contributed by atoms with Crippen LogP contribution in [0.1, 0.15) is 16.2 Å². The van der Waals surface area contributed by atoms with E-state index in [-0.39, 0.29) is 0 Å². The van der Waals surface area contributed by atoms with E-state index in [9.17, 15) is 4.79 Å². The van der Waals surface area contributed by atoms with E-state index in [1.54, 1.807) is 23.5 Å². The number of rotatable bonds is 3. The molecule has 0 fully saturated rings. The van der Waals surface area contributed by atoms with Crippen LogP contribution in [0.25, 0.3) is 37.2 Å². The number of nitrogens with zero attached hydrogens (tertiary/aromatic N) is 2. The van der Waals surface area contributed by atoms with Crippen molar-refractivity contribution in [2.75, 3.05) is 0 Å². The molecule has 0 aliphatic heterocycles. The van der Waals surface area contributed by atoms with Crippen molar-refractivity contribution in [2.45, 2.75) is 6.92 Å². The van der Waals surface area contributed by atoms with E-state index in [4.69, 9.17) is 5.73 Å². The van der Waals surface area contributed by atoms with Gasteiger partial charge in [-0.3, -0.25) is 9.36 Å². The molecule has 0 aliphatic rings. The van der Waals surface area contributed by atoms with Crippen molar-refractivity contribution in [3.05, 3.63) is 84.2 Å². The normalized spacial score (nSPS) is 11.3. The Balaban J connectivity index is 1.65. The first-order valence-electron chi connectivity index (χ1n) is 8.98. The zero-order valence-electron chi connectivity index (χ0n) is 15.2. The number of nitrogens with two attached hydrogens (primary N) is 1. The molecular formula is C23H17N3OS. The molecule has 0 saturated carbocycles. The molecule has 4 nitrogen and oxygen atoms in total. The monoisotopic (exact) mass is 383 g/mol. The molecule has 2 aromatic heterocycles. The van der Waals surface area contributed by atoms with Gasteiger partial charge in [0, 0.05) is 20.8 Å². The smallest absolute Gasteiger partial charge is 0.248 e. The van der Waals surface area contributed by atoms with Crippen molar-refractivity contribution < 1.29 is 4.79 Å². The lowest BCUT2D eigenvalue weighted by Gasteiger charge is -2.09. The summed E-state index contributed by atoms with van der Waals surface area (Å²) in [6, 6.07) is 24.5. The van der Waals surface area contributed by atoms with E-state index in [0.29, 0.717) is 5.56 Å². The third kappa shape index (κ3) is 2.68. The average molecular weight is 383 g/mol. The molecule has 3 aromatic carbocycles. The van der Waals surface area contributed by atoms with Crippen LogP contribution in [0.4, 0.5) is 0 Å². The first kappa shape index (κ1) is 16.7. The number of primary amides is 1. The Hall–Kier alpha value is -3.44. The van der Waals surface area contributed by atoms with Gasteiger partial charge in [-0.2, -0.15) is 0 Å². The number of amides is 1. The highest BCUT2D eigenvalue weighted by atomic mass is 32.1. The number of carbonyl (C=O) groups excluding carboxylic acids is 1. The van der Waals surface area contributed by atoms with Gasteiger partial charge in [-0.25, -0.2) is 4.98 Å². The Morgan fingerprint density at radius 3 is 2.68 bits per heavy atom. The molecule has 0 unspecified atom stereocenters. The molecule has 2 heterocycles. The Morgan fingerprint density at radius 1 is 1.00 bits per heavy atom. The molecule has 1 amide bonds. The first-order chi connectivity index (χ1) is 13.6. The number of aryl methyl sites for hydroxylation is 1. The van der Waals surface area contributed by atoms with Crippen molar-refractivity contribution in [2.24, 2.45) is 5.73 Å². The van der Waals surface area contributed by atoms with Gasteiger partial charge in [0.05, 0.1) is 11.0 Å². The van der Waals surface area contributed by atoms with E-state index in [1.165, 1.54) is 20.5 Å². The van der Waals surface area contributed by atoms with Crippen molar-refractivity contribution in [1.82, 2.24) is 9.55 Å². The molecule has 0 saturated heterocycles. The highest BCUT2D eigenvalue weighted by Gasteiger charge is 2.13. The summed E-state index contributed by atoms with van der Waals surface area (Å²) in [4.78, 5) is 17.3. The fourth-order valence-electron chi connectivity index (χ4n) is 3.60. The van der Waals surface area contributed by atoms with Crippen molar-refractivity contribution in [3.63, 3.8) is 0 Å². The third-order valence-corrected chi connectivity index (χ3v) is 6.09. The SMILES string of the molecule is Cc1nc2cc(C(N)=O)ccc2n1-c1cccc(-c2cc3ccccc3s2)c1. The van der Waals surface area contributed by atoms with Crippen molar-refractivity contribution in [1.29, 1.82) is 0 Å². The van der Waals surface area contributed by atoms with Gasteiger partial charge in [-0.15, -0.1) is 11.3 Å². The van der Waals surface area contributed by atoms with Crippen molar-refractivity contribution >= 4 is 38.4 Å². The summed E-state index contributed by atoms with van der Waals surface area (Å²) in [5.41, 5.74) is 9.81. The van der Waals surface area contributed by atoms with E-state index in [2.05, 4.69) is 64.1 Å². The van der Waals surface area contributed by atoms with Crippen LogP contribution in [-0.2, 0) is 0 Å². The summed E-state index contributed by atoms with van der Waals surface area (Å²) in [6.45, 7) is 1.97. The predicted octanol–water partition coefficient (Wildman–Crippen LogP) is 5.31. The standard InChI is InChI=1S/C23H17N3OS/c1-14-25-19-12-17(23(24)27)9-10-20(19)26(14)18-7-4-6-15(11-18)22-13-16-5-2-3-8-21(16)28-22/h2-13H,1H3,(H2,24,27). The van der Waals surface area contributed by atoms with Crippen LogP contribution in [0.5, 0.6) is 0 Å². The first-order valence-corrected chi connectivity index (χ1v) is 9.80. The molecule has 0 spiro atoms. The molecule has 136 valence electrons. The zero-order chi connectivity index (χ0) is 19.3. The number of thiophene rings is 1. The quantitative estimate of drug-likeness (QED) is 0.459. The zero-order valence-corrected chi connectivity index (χ0v) is 16.0. The third-order valence-electron chi connectivity index (χ3n) is 4.92. The summed E-state index contributed by atoms with van der Waals surface area (Å²) < 4.78 is 3.39. The van der Waals surface area contributed by atoms with Crippen LogP contribution < -0.4 is 5.73 Å². The Kier molecular flexibility index (Phi) is 3.77. The Labute approximate surface area is 165 Å². The van der Waals surface area contributed by atoms with Gasteiger partial charge in [0.25, 0.3) is 0 Å². The number of benzene rings is 3. The van der Waals surface area contributed by atoms with E-state index >= 15 is 0 Å². The lowest BCUT2D eigenvalue weighted by molar-refractivity contribution is 0.100. The minimum atomic E-state index is -0.444. The van der Waals surface area contributed by atoms with Gasteiger partial charge in [0.15, 0.2) is 0 Å². The Morgan fingerprint density at radius 2 is 1.86 bits per heavy atom. The van der Waals surface area contributed by atoms with Crippen LogP contribution in [0.2, 0.25) is 0 Å². The van der Waals surface area contributed by atoms with E-state index < -0.39 is 5.91 Å². The molecule has 5 heteroatoms. The van der Waals surface area contributed by atoms with Gasteiger partial charge in [-0.05, 0) is 60.3 Å². The lowest BCUT2D eigenvalue weighted by atomic mass is 10.1. The van der Waals surface area contributed by atoms with Crippen LogP contribution in [0, 0.1) is 6.92 Å². The molecule has 0 atom stereocenters. The summed E-state index contributed by atoms with van der Waals surface area (Å²) >= 11 is 1.79. The largest absolute Gasteiger partial charge is 0.366 e. The molecule has 2 N–H and O–H groups in total. The highest BCUT2D eigenvalue weighted by Crippen LogP contribution is 2.34. The number of fused-ring (bicyclic) bond motifs is 2. The molecule has 28 heavy (non-hydrogen) atoms. The fourth-order valence-corrected chi connectivity index (χ4v) is 4.66. The van der Waals surface area contributed by atoms with Crippen LogP contribution in [0.3, 0.4) is 0 Å². The fraction of sp³-hybridized carbons (Fsp3) is 0.0435. The van der Waals surface area contributed by atoms with E-state index in [0.717, 1.165) is 22.5 Å². The second-order valence-electron chi connectivity index (χ2n) is 6.76. The maximum absolute atomic E-state index is 11.5. The minimum absolute atomic E-state index is 0.444. The highest BCUT2D eigenvalue weighted by molar-refractivity contribution is 7.22. The lowest BCUT2D eigenvalue weighted by Crippen LogP contribution is -2.10. The summed E-state index contributed by atoms with van der Waals surface area (Å²) in [6.07, 6.45) is 0. The van der Waals surface area contributed by atoms with Gasteiger partial charge in [0.1, 0.15) is 5.82 Å². The maximum Gasteiger partial charge on any atom is 0.248 e. The molecular weight excluding hydrogens is 366 g/mol. The topological polar surface area (TPSA) is 60.9 Å². The number of hydrogen-bond donors (Lipinski definition) is 1. The molecule has 0 aliphatic carbocycles. The van der Waals surface area contributed by atoms with E-state index in [1.807, 2.05) is 13.0 Å². The molecule has 0 radical (unpaired) electrons. The summed E-state index contributed by atoms with van der Waals surface area (Å²) in [5, 5.41) is 1.26. The molecule has 5 aromatic rings. The summed E-state index contributed by atoms with van der Waals surface area (Å²) in [7, 11) is 0. The number of carbonyl (C=O) groups is 1. The maximum atomic E-state index is 11.5. The van der Waals surface area contributed by atoms with Crippen LogP contribution in [-0.4, -0.2) is 15.5 Å². The summed E-state index contributed by atoms with van der Waals surface area (Å²) in [5.74, 6) is 0.422. The van der Waals surface area contributed by atoms with Gasteiger partial charge >= 0.3 is 0 Å². The van der Waals surface area contributed by atoms with Gasteiger partial charge < -0.3 is 5.73 Å². The number of imidazole rings is 1. The minimum Gasteiger partial charge on any atom is -0.366 e. The molecule has 0 bridgehead atoms. The second kappa shape index (κ2) is 6.32. The van der Waals surface area contributed by atoms with Crippen LogP contribution in [0.15, 0.2) is 72.8 Å².